The Balaban J connectivity index is 1.85. The molecular weight excluding hydrogens is 218 g/mol. The van der Waals surface area contributed by atoms with Crippen LogP contribution >= 0.6 is 0 Å². The van der Waals surface area contributed by atoms with Crippen molar-refractivity contribution in [3.63, 3.8) is 0 Å². The Bertz CT molecular complexity index is 463. The number of hydrogen-bond donors (Lipinski definition) is 1. The minimum atomic E-state index is -0.0112. The van der Waals surface area contributed by atoms with Crippen LogP contribution in [0.4, 0.5) is 0 Å². The van der Waals surface area contributed by atoms with E-state index in [-0.39, 0.29) is 11.7 Å². The van der Waals surface area contributed by atoms with Crippen LogP contribution in [0, 0.1) is 0 Å². The summed E-state index contributed by atoms with van der Waals surface area (Å²) in [7, 11) is 0. The van der Waals surface area contributed by atoms with Gasteiger partial charge in [0.05, 0.1) is 18.3 Å². The maximum atomic E-state index is 11.9. The van der Waals surface area contributed by atoms with Crippen molar-refractivity contribution in [2.75, 3.05) is 13.2 Å². The van der Waals surface area contributed by atoms with Gasteiger partial charge in [-0.05, 0) is 18.4 Å². The van der Waals surface area contributed by atoms with Gasteiger partial charge in [-0.2, -0.15) is 5.10 Å². The smallest absolute Gasteiger partial charge is 0.267 e. The van der Waals surface area contributed by atoms with E-state index in [1.54, 1.807) is 10.7 Å². The van der Waals surface area contributed by atoms with Crippen LogP contribution in [0.15, 0.2) is 10.9 Å². The van der Waals surface area contributed by atoms with Crippen LogP contribution in [0.25, 0.3) is 0 Å². The molecule has 0 amide bonds. The average molecular weight is 235 g/mol. The molecule has 0 saturated carbocycles. The molecule has 1 atom stereocenters. The third-order valence-corrected chi connectivity index (χ3v) is 3.42. The Morgan fingerprint density at radius 2 is 2.53 bits per heavy atom. The van der Waals surface area contributed by atoms with Gasteiger partial charge >= 0.3 is 0 Å². The normalized spacial score (nSPS) is 23.6. The van der Waals surface area contributed by atoms with Gasteiger partial charge in [0.25, 0.3) is 5.56 Å². The van der Waals surface area contributed by atoms with Crippen molar-refractivity contribution in [2.24, 2.45) is 0 Å². The molecule has 1 saturated heterocycles. The molecule has 1 unspecified atom stereocenters. The molecule has 5 heteroatoms. The second-order valence-electron chi connectivity index (χ2n) is 4.70. The first-order valence-corrected chi connectivity index (χ1v) is 6.25. The van der Waals surface area contributed by atoms with E-state index >= 15 is 0 Å². The molecule has 17 heavy (non-hydrogen) atoms. The lowest BCUT2D eigenvalue weighted by Gasteiger charge is -2.18. The van der Waals surface area contributed by atoms with E-state index in [0.29, 0.717) is 6.54 Å². The topological polar surface area (TPSA) is 56.2 Å². The first-order chi connectivity index (χ1) is 8.33. The maximum absolute atomic E-state index is 11.9. The Hall–Kier alpha value is -1.20. The van der Waals surface area contributed by atoms with Gasteiger partial charge in [-0.15, -0.1) is 0 Å². The fraction of sp³-hybridized carbons (Fsp3) is 0.667. The molecule has 3 heterocycles. The van der Waals surface area contributed by atoms with Crippen LogP contribution in [0.5, 0.6) is 0 Å². The van der Waals surface area contributed by atoms with Gasteiger partial charge in [0.1, 0.15) is 0 Å². The zero-order chi connectivity index (χ0) is 11.7. The molecule has 1 aromatic heterocycles. The van der Waals surface area contributed by atoms with Crippen LogP contribution in [0.2, 0.25) is 0 Å². The second-order valence-corrected chi connectivity index (χ2v) is 4.70. The quantitative estimate of drug-likeness (QED) is 0.788. The number of aromatic nitrogens is 2. The fourth-order valence-corrected chi connectivity index (χ4v) is 2.47. The summed E-state index contributed by atoms with van der Waals surface area (Å²) in [4.78, 5) is 11.9. The second kappa shape index (κ2) is 4.58. The van der Waals surface area contributed by atoms with Crippen molar-refractivity contribution in [3.05, 3.63) is 27.7 Å². The van der Waals surface area contributed by atoms with Gasteiger partial charge < -0.3 is 10.1 Å². The summed E-state index contributed by atoms with van der Waals surface area (Å²) in [5.41, 5.74) is 2.09. The maximum Gasteiger partial charge on any atom is 0.267 e. The molecule has 2 aliphatic rings. The summed E-state index contributed by atoms with van der Waals surface area (Å²) in [5, 5.41) is 7.71. The van der Waals surface area contributed by atoms with E-state index in [1.165, 1.54) is 0 Å². The highest BCUT2D eigenvalue weighted by atomic mass is 16.5. The minimum absolute atomic E-state index is 0.0112. The van der Waals surface area contributed by atoms with Crippen LogP contribution < -0.4 is 10.9 Å². The van der Waals surface area contributed by atoms with Crippen LogP contribution in [-0.4, -0.2) is 29.0 Å². The Kier molecular flexibility index (Phi) is 2.94. The number of ether oxygens (including phenoxy) is 1. The highest BCUT2D eigenvalue weighted by molar-refractivity contribution is 5.20. The van der Waals surface area contributed by atoms with E-state index < -0.39 is 0 Å². The van der Waals surface area contributed by atoms with E-state index in [2.05, 4.69) is 10.4 Å². The number of fused-ring (bicyclic) bond motifs is 1. The van der Waals surface area contributed by atoms with Crippen molar-refractivity contribution < 1.29 is 4.74 Å². The summed E-state index contributed by atoms with van der Waals surface area (Å²) in [6, 6.07) is 1.71. The molecular formula is C12H17N3O2. The number of nitrogens with zero attached hydrogens (tertiary/aromatic N) is 2. The molecule has 0 aliphatic carbocycles. The van der Waals surface area contributed by atoms with Crippen molar-refractivity contribution >= 4 is 0 Å². The van der Waals surface area contributed by atoms with Gasteiger partial charge in [0.15, 0.2) is 0 Å². The number of rotatable bonds is 2. The van der Waals surface area contributed by atoms with E-state index in [1.807, 2.05) is 0 Å². The molecule has 0 bridgehead atoms. The Morgan fingerprint density at radius 3 is 3.35 bits per heavy atom. The summed E-state index contributed by atoms with van der Waals surface area (Å²) < 4.78 is 7.11. The Labute approximate surface area is 99.8 Å². The van der Waals surface area contributed by atoms with Crippen LogP contribution in [0.1, 0.15) is 24.1 Å². The molecule has 5 nitrogen and oxygen atoms in total. The van der Waals surface area contributed by atoms with Crippen LogP contribution in [0.3, 0.4) is 0 Å². The predicted octanol–water partition coefficient (Wildman–Crippen LogP) is 0.0680. The molecule has 0 radical (unpaired) electrons. The van der Waals surface area contributed by atoms with Gasteiger partial charge in [-0.1, -0.05) is 0 Å². The van der Waals surface area contributed by atoms with E-state index in [4.69, 9.17) is 4.74 Å². The molecule has 3 rings (SSSR count). The average Bonchev–Trinajstić information content (AvgIpc) is 2.83. The van der Waals surface area contributed by atoms with E-state index in [0.717, 1.165) is 50.2 Å². The third-order valence-electron chi connectivity index (χ3n) is 3.42. The highest BCUT2D eigenvalue weighted by Crippen LogP contribution is 2.13. The summed E-state index contributed by atoms with van der Waals surface area (Å²) in [6.45, 7) is 3.12. The highest BCUT2D eigenvalue weighted by Gasteiger charge is 2.19. The van der Waals surface area contributed by atoms with Crippen LogP contribution in [-0.2, 0) is 24.2 Å². The zero-order valence-electron chi connectivity index (χ0n) is 9.82. The SMILES string of the molecule is O=c1cc2c(nn1CC1CCCO1)CCNC2. The fourth-order valence-electron chi connectivity index (χ4n) is 2.47. The molecule has 1 fully saturated rings. The lowest BCUT2D eigenvalue weighted by Crippen LogP contribution is -2.33. The summed E-state index contributed by atoms with van der Waals surface area (Å²) in [6.07, 6.45) is 3.20. The molecule has 2 aliphatic heterocycles. The van der Waals surface area contributed by atoms with Gasteiger partial charge in [0.2, 0.25) is 0 Å². The van der Waals surface area contributed by atoms with Crippen molar-refractivity contribution in [3.8, 4) is 0 Å². The Morgan fingerprint density at radius 1 is 1.59 bits per heavy atom. The number of nitrogens with one attached hydrogen (secondary N) is 1. The van der Waals surface area contributed by atoms with Crippen molar-refractivity contribution in [1.29, 1.82) is 0 Å². The van der Waals surface area contributed by atoms with Gasteiger partial charge in [-0.3, -0.25) is 4.79 Å². The van der Waals surface area contributed by atoms with Gasteiger partial charge in [-0.25, -0.2) is 4.68 Å². The largest absolute Gasteiger partial charge is 0.376 e. The predicted molar refractivity (Wildman–Crippen MR) is 62.9 cm³/mol. The minimum Gasteiger partial charge on any atom is -0.376 e. The zero-order valence-corrected chi connectivity index (χ0v) is 9.82. The summed E-state index contributed by atoms with van der Waals surface area (Å²) in [5.74, 6) is 0. The molecule has 1 aromatic rings. The molecule has 0 spiro atoms. The standard InChI is InChI=1S/C12H17N3O2/c16-12-6-9-7-13-4-3-11(9)14-15(12)8-10-2-1-5-17-10/h6,10,13H,1-5,7-8H2. The molecule has 1 N–H and O–H groups in total. The number of hydrogen-bond acceptors (Lipinski definition) is 4. The van der Waals surface area contributed by atoms with Crippen molar-refractivity contribution in [1.82, 2.24) is 15.1 Å². The lowest BCUT2D eigenvalue weighted by atomic mass is 10.1. The monoisotopic (exact) mass is 235 g/mol. The molecule has 0 aromatic carbocycles. The lowest BCUT2D eigenvalue weighted by molar-refractivity contribution is 0.0924. The van der Waals surface area contributed by atoms with E-state index in [9.17, 15) is 4.79 Å². The molecule has 92 valence electrons. The first kappa shape index (κ1) is 10.9. The third kappa shape index (κ3) is 2.25. The first-order valence-electron chi connectivity index (χ1n) is 6.25. The van der Waals surface area contributed by atoms with Crippen molar-refractivity contribution in [2.45, 2.75) is 38.5 Å². The van der Waals surface area contributed by atoms with Gasteiger partial charge in [0, 0.05) is 32.2 Å². The summed E-state index contributed by atoms with van der Waals surface area (Å²) >= 11 is 0.